The fourth-order valence-electron chi connectivity index (χ4n) is 9.19. The van der Waals surface area contributed by atoms with Crippen LogP contribution in [0.15, 0.2) is 24.3 Å². The predicted molar refractivity (Wildman–Crippen MR) is 287 cm³/mol. The van der Waals surface area contributed by atoms with Crippen LogP contribution >= 0.6 is 0 Å². The number of esters is 1. The minimum Gasteiger partial charge on any atom is -0.466 e. The van der Waals surface area contributed by atoms with Crippen molar-refractivity contribution in [3.63, 3.8) is 0 Å². The van der Waals surface area contributed by atoms with Crippen LogP contribution in [-0.2, 0) is 14.3 Å². The topological polar surface area (TPSA) is 95.9 Å². The van der Waals surface area contributed by atoms with Crippen LogP contribution in [0.4, 0.5) is 0 Å². The minimum atomic E-state index is -0.665. The van der Waals surface area contributed by atoms with E-state index in [1.807, 2.05) is 0 Å². The SMILES string of the molecule is CCCC/C=C\C/C=C\CCCCCCCC(=O)OCCCCCCCCCCCCCCCCCCCCCCC(=O)NC(CO)C(O)CCCCCCCCCCCCCCCCC. The third kappa shape index (κ3) is 51.7. The Labute approximate surface area is 411 Å². The summed E-state index contributed by atoms with van der Waals surface area (Å²) in [5.41, 5.74) is 0. The van der Waals surface area contributed by atoms with Gasteiger partial charge in [-0.2, -0.15) is 0 Å². The molecule has 0 aliphatic carbocycles. The number of aliphatic hydroxyl groups excluding tert-OH is 2. The Morgan fingerprint density at radius 3 is 1.20 bits per heavy atom. The number of allylic oxidation sites excluding steroid dienone is 4. The predicted octanol–water partition coefficient (Wildman–Crippen LogP) is 18.2. The van der Waals surface area contributed by atoms with E-state index in [9.17, 15) is 19.8 Å². The van der Waals surface area contributed by atoms with Crippen LogP contribution in [0.2, 0.25) is 0 Å². The van der Waals surface area contributed by atoms with Gasteiger partial charge in [0.05, 0.1) is 25.4 Å². The van der Waals surface area contributed by atoms with E-state index in [4.69, 9.17) is 4.74 Å². The first-order valence-electron chi connectivity index (χ1n) is 29.6. The van der Waals surface area contributed by atoms with Crippen LogP contribution in [0.25, 0.3) is 0 Å². The van der Waals surface area contributed by atoms with Crippen LogP contribution in [-0.4, -0.2) is 47.4 Å². The maximum absolute atomic E-state index is 12.5. The van der Waals surface area contributed by atoms with Crippen molar-refractivity contribution in [1.29, 1.82) is 0 Å². The average molecular weight is 931 g/mol. The maximum atomic E-state index is 12.5. The molecule has 0 heterocycles. The van der Waals surface area contributed by atoms with E-state index >= 15 is 0 Å². The molecule has 0 aliphatic rings. The van der Waals surface area contributed by atoms with Gasteiger partial charge >= 0.3 is 5.97 Å². The van der Waals surface area contributed by atoms with Crippen molar-refractivity contribution in [2.24, 2.45) is 0 Å². The van der Waals surface area contributed by atoms with Gasteiger partial charge in [-0.25, -0.2) is 0 Å². The standard InChI is InChI=1S/C60H115NO5/c1-3-5-7-9-11-13-15-17-25-28-32-36-40-44-48-52-58(63)57(56-62)61-59(64)53-49-45-41-37-33-29-26-23-21-19-20-22-24-27-31-35-39-43-47-51-55-66-60(65)54-50-46-42-38-34-30-18-16-14-12-10-8-6-4-2/h10,12,16,18,57-58,62-63H,3-9,11,13-15,17,19-56H2,1-2H3,(H,61,64)/b12-10-,18-16-. The van der Waals surface area contributed by atoms with Crippen LogP contribution < -0.4 is 5.32 Å². The van der Waals surface area contributed by atoms with E-state index in [0.717, 1.165) is 51.4 Å². The molecule has 0 saturated carbocycles. The van der Waals surface area contributed by atoms with Gasteiger partial charge in [-0.15, -0.1) is 0 Å². The lowest BCUT2D eigenvalue weighted by molar-refractivity contribution is -0.143. The largest absolute Gasteiger partial charge is 0.466 e. The molecule has 0 aliphatic heterocycles. The van der Waals surface area contributed by atoms with Crippen LogP contribution in [0.3, 0.4) is 0 Å². The summed E-state index contributed by atoms with van der Waals surface area (Å²) in [6.07, 6.45) is 67.4. The Kier molecular flexibility index (Phi) is 54.5. The Morgan fingerprint density at radius 2 is 0.773 bits per heavy atom. The van der Waals surface area contributed by atoms with Gasteiger partial charge in [0.1, 0.15) is 0 Å². The first-order chi connectivity index (χ1) is 32.5. The summed E-state index contributed by atoms with van der Waals surface area (Å²) < 4.78 is 5.47. The number of rotatable bonds is 55. The number of amides is 1. The minimum absolute atomic E-state index is 0.00374. The Hall–Kier alpha value is -1.66. The third-order valence-corrected chi connectivity index (χ3v) is 13.8. The molecule has 2 unspecified atom stereocenters. The summed E-state index contributed by atoms with van der Waals surface area (Å²) in [5, 5.41) is 23.3. The van der Waals surface area contributed by atoms with E-state index in [2.05, 4.69) is 43.5 Å². The molecule has 0 bridgehead atoms. The molecule has 0 aromatic rings. The van der Waals surface area contributed by atoms with Gasteiger partial charge in [0.15, 0.2) is 0 Å². The molecule has 0 aromatic heterocycles. The zero-order chi connectivity index (χ0) is 47.9. The van der Waals surface area contributed by atoms with Crippen molar-refractivity contribution in [2.75, 3.05) is 13.2 Å². The second-order valence-electron chi connectivity index (χ2n) is 20.3. The lowest BCUT2D eigenvalue weighted by atomic mass is 10.0. The van der Waals surface area contributed by atoms with Gasteiger partial charge in [-0.1, -0.05) is 282 Å². The van der Waals surface area contributed by atoms with Crippen LogP contribution in [0.1, 0.15) is 322 Å². The molecule has 2 atom stereocenters. The summed E-state index contributed by atoms with van der Waals surface area (Å²) >= 11 is 0. The molecule has 0 saturated heterocycles. The summed E-state index contributed by atoms with van der Waals surface area (Å²) in [4.78, 5) is 24.5. The molecule has 0 aromatic carbocycles. The van der Waals surface area contributed by atoms with E-state index in [-0.39, 0.29) is 18.5 Å². The average Bonchev–Trinajstić information content (AvgIpc) is 3.32. The second-order valence-corrected chi connectivity index (χ2v) is 20.3. The Bertz CT molecular complexity index is 1030. The number of aliphatic hydroxyl groups is 2. The van der Waals surface area contributed by atoms with Crippen LogP contribution in [0.5, 0.6) is 0 Å². The highest BCUT2D eigenvalue weighted by Gasteiger charge is 2.20. The van der Waals surface area contributed by atoms with Gasteiger partial charge in [-0.3, -0.25) is 9.59 Å². The summed E-state index contributed by atoms with van der Waals surface area (Å²) in [6.45, 7) is 4.92. The summed E-state index contributed by atoms with van der Waals surface area (Å²) in [6, 6.07) is -0.543. The lowest BCUT2D eigenvalue weighted by Gasteiger charge is -2.22. The summed E-state index contributed by atoms with van der Waals surface area (Å²) in [7, 11) is 0. The van der Waals surface area contributed by atoms with Crippen molar-refractivity contribution >= 4 is 11.9 Å². The van der Waals surface area contributed by atoms with E-state index < -0.39 is 12.1 Å². The Balaban J connectivity index is 3.39. The quantitative estimate of drug-likeness (QED) is 0.0321. The maximum Gasteiger partial charge on any atom is 0.305 e. The van der Waals surface area contributed by atoms with Crippen molar-refractivity contribution < 1.29 is 24.5 Å². The van der Waals surface area contributed by atoms with E-state index in [1.165, 1.54) is 238 Å². The van der Waals surface area contributed by atoms with Crippen molar-refractivity contribution in [2.45, 2.75) is 334 Å². The first kappa shape index (κ1) is 64.3. The number of hydrogen-bond donors (Lipinski definition) is 3. The second kappa shape index (κ2) is 55.9. The molecule has 0 radical (unpaired) electrons. The van der Waals surface area contributed by atoms with Crippen molar-refractivity contribution in [3.05, 3.63) is 24.3 Å². The highest BCUT2D eigenvalue weighted by molar-refractivity contribution is 5.76. The fraction of sp³-hybridized carbons (Fsp3) is 0.900. The highest BCUT2D eigenvalue weighted by atomic mass is 16.5. The van der Waals surface area contributed by atoms with Gasteiger partial charge in [0, 0.05) is 12.8 Å². The zero-order valence-electron chi connectivity index (χ0n) is 44.4. The molecule has 0 spiro atoms. The number of unbranched alkanes of at least 4 members (excludes halogenated alkanes) is 40. The van der Waals surface area contributed by atoms with Gasteiger partial charge in [0.2, 0.25) is 5.91 Å². The van der Waals surface area contributed by atoms with Gasteiger partial charge in [-0.05, 0) is 51.4 Å². The molecule has 3 N–H and O–H groups in total. The van der Waals surface area contributed by atoms with Gasteiger partial charge in [0.25, 0.3) is 0 Å². The van der Waals surface area contributed by atoms with Crippen molar-refractivity contribution in [1.82, 2.24) is 5.32 Å². The van der Waals surface area contributed by atoms with Crippen LogP contribution in [0, 0.1) is 0 Å². The monoisotopic (exact) mass is 930 g/mol. The molecule has 0 fully saturated rings. The molecule has 6 heteroatoms. The number of hydrogen-bond acceptors (Lipinski definition) is 5. The Morgan fingerprint density at radius 1 is 0.424 bits per heavy atom. The molecule has 66 heavy (non-hydrogen) atoms. The molecule has 0 rings (SSSR count). The zero-order valence-corrected chi connectivity index (χ0v) is 44.4. The molecule has 1 amide bonds. The number of ether oxygens (including phenoxy) is 1. The van der Waals surface area contributed by atoms with Gasteiger partial charge < -0.3 is 20.3 Å². The normalized spacial score (nSPS) is 12.7. The van der Waals surface area contributed by atoms with E-state index in [0.29, 0.717) is 25.9 Å². The molecular weight excluding hydrogens is 815 g/mol. The number of nitrogens with one attached hydrogen (secondary N) is 1. The third-order valence-electron chi connectivity index (χ3n) is 13.8. The first-order valence-corrected chi connectivity index (χ1v) is 29.6. The lowest BCUT2D eigenvalue weighted by Crippen LogP contribution is -2.45. The fourth-order valence-corrected chi connectivity index (χ4v) is 9.19. The van der Waals surface area contributed by atoms with Crippen molar-refractivity contribution in [3.8, 4) is 0 Å². The molecular formula is C60H115NO5. The summed E-state index contributed by atoms with van der Waals surface area (Å²) in [5.74, 6) is -0.0392. The molecule has 6 nitrogen and oxygen atoms in total. The van der Waals surface area contributed by atoms with E-state index in [1.54, 1.807) is 0 Å². The molecule has 390 valence electrons. The number of carbonyl (C=O) groups excluding carboxylic acids is 2. The highest BCUT2D eigenvalue weighted by Crippen LogP contribution is 2.18. The number of carbonyl (C=O) groups is 2. The smallest absolute Gasteiger partial charge is 0.305 e.